The van der Waals surface area contributed by atoms with Gasteiger partial charge in [-0.15, -0.1) is 0 Å². The SMILES string of the molecule is C[C@H](NS(=O)(=O)c1ccc(C(F)F)cc1)C(=O)O. The number of sulfonamides is 1. The molecule has 1 aromatic carbocycles. The van der Waals surface area contributed by atoms with Crippen LogP contribution in [0.1, 0.15) is 18.9 Å². The number of carbonyl (C=O) groups is 1. The molecule has 0 unspecified atom stereocenters. The van der Waals surface area contributed by atoms with Crippen LogP contribution in [0.5, 0.6) is 0 Å². The van der Waals surface area contributed by atoms with Crippen LogP contribution in [0.3, 0.4) is 0 Å². The topological polar surface area (TPSA) is 83.5 Å². The molecule has 1 atom stereocenters. The molecule has 0 spiro atoms. The number of hydrogen-bond acceptors (Lipinski definition) is 3. The molecule has 0 fully saturated rings. The van der Waals surface area contributed by atoms with E-state index in [2.05, 4.69) is 0 Å². The molecule has 0 bridgehead atoms. The maximum absolute atomic E-state index is 12.3. The van der Waals surface area contributed by atoms with E-state index >= 15 is 0 Å². The van der Waals surface area contributed by atoms with Crippen LogP contribution in [0.15, 0.2) is 29.2 Å². The summed E-state index contributed by atoms with van der Waals surface area (Å²) in [6.45, 7) is 1.16. The molecule has 1 rings (SSSR count). The minimum Gasteiger partial charge on any atom is -0.480 e. The van der Waals surface area contributed by atoms with Gasteiger partial charge in [0.15, 0.2) is 0 Å². The molecule has 0 saturated carbocycles. The molecule has 5 nitrogen and oxygen atoms in total. The Morgan fingerprint density at radius 3 is 2.17 bits per heavy atom. The second kappa shape index (κ2) is 5.40. The summed E-state index contributed by atoms with van der Waals surface area (Å²) < 4.78 is 49.8. The molecule has 0 aliphatic carbocycles. The van der Waals surface area contributed by atoms with Crippen LogP contribution in [0.2, 0.25) is 0 Å². The van der Waals surface area contributed by atoms with Crippen LogP contribution < -0.4 is 4.72 Å². The van der Waals surface area contributed by atoms with Crippen LogP contribution in [0.4, 0.5) is 8.78 Å². The van der Waals surface area contributed by atoms with Crippen molar-refractivity contribution >= 4 is 16.0 Å². The summed E-state index contributed by atoms with van der Waals surface area (Å²) in [5.74, 6) is -1.33. The Morgan fingerprint density at radius 1 is 1.28 bits per heavy atom. The third-order valence-electron chi connectivity index (χ3n) is 2.14. The molecule has 0 saturated heterocycles. The predicted octanol–water partition coefficient (Wildman–Crippen LogP) is 1.38. The van der Waals surface area contributed by atoms with Gasteiger partial charge in [0.25, 0.3) is 6.43 Å². The van der Waals surface area contributed by atoms with Gasteiger partial charge in [0.1, 0.15) is 6.04 Å². The van der Waals surface area contributed by atoms with E-state index in [9.17, 15) is 22.0 Å². The van der Waals surface area contributed by atoms with Crippen LogP contribution in [0, 0.1) is 0 Å². The first-order valence-electron chi connectivity index (χ1n) is 4.87. The highest BCUT2D eigenvalue weighted by Crippen LogP contribution is 2.20. The Morgan fingerprint density at radius 2 is 1.78 bits per heavy atom. The average molecular weight is 279 g/mol. The third kappa shape index (κ3) is 3.47. The van der Waals surface area contributed by atoms with E-state index in [0.29, 0.717) is 0 Å². The summed E-state index contributed by atoms with van der Waals surface area (Å²) in [5.41, 5.74) is -0.305. The van der Waals surface area contributed by atoms with E-state index in [1.807, 2.05) is 4.72 Å². The lowest BCUT2D eigenvalue weighted by Gasteiger charge is -2.10. The minimum atomic E-state index is -4.02. The van der Waals surface area contributed by atoms with E-state index in [0.717, 1.165) is 31.2 Å². The number of benzene rings is 1. The summed E-state index contributed by atoms with van der Waals surface area (Å²) in [6, 6.07) is 2.65. The summed E-state index contributed by atoms with van der Waals surface area (Å²) in [7, 11) is -4.02. The van der Waals surface area contributed by atoms with E-state index in [-0.39, 0.29) is 10.5 Å². The number of alkyl halides is 2. The lowest BCUT2D eigenvalue weighted by Crippen LogP contribution is -2.38. The summed E-state index contributed by atoms with van der Waals surface area (Å²) in [4.78, 5) is 10.3. The lowest BCUT2D eigenvalue weighted by atomic mass is 10.2. The first kappa shape index (κ1) is 14.5. The largest absolute Gasteiger partial charge is 0.480 e. The molecule has 2 N–H and O–H groups in total. The fraction of sp³-hybridized carbons (Fsp3) is 0.300. The van der Waals surface area contributed by atoms with Crippen molar-refractivity contribution in [3.63, 3.8) is 0 Å². The molecule has 18 heavy (non-hydrogen) atoms. The van der Waals surface area contributed by atoms with Gasteiger partial charge in [-0.05, 0) is 19.1 Å². The first-order chi connectivity index (χ1) is 8.24. The maximum Gasteiger partial charge on any atom is 0.321 e. The number of nitrogens with one attached hydrogen (secondary N) is 1. The number of halogens is 2. The van der Waals surface area contributed by atoms with Gasteiger partial charge in [0, 0.05) is 5.56 Å². The highest BCUT2D eigenvalue weighted by molar-refractivity contribution is 7.89. The van der Waals surface area contributed by atoms with Crippen molar-refractivity contribution < 1.29 is 27.1 Å². The van der Waals surface area contributed by atoms with Crippen molar-refractivity contribution in [1.82, 2.24) is 4.72 Å². The fourth-order valence-electron chi connectivity index (χ4n) is 1.14. The number of rotatable bonds is 5. The molecule has 0 heterocycles. The highest BCUT2D eigenvalue weighted by Gasteiger charge is 2.21. The van der Waals surface area contributed by atoms with Crippen molar-refractivity contribution in [3.05, 3.63) is 29.8 Å². The molecule has 8 heteroatoms. The number of carboxylic acids is 1. The Labute approximate surface area is 102 Å². The first-order valence-corrected chi connectivity index (χ1v) is 6.35. The molecule has 0 aliphatic rings. The van der Waals surface area contributed by atoms with E-state index in [1.165, 1.54) is 0 Å². The van der Waals surface area contributed by atoms with Crippen molar-refractivity contribution in [2.45, 2.75) is 24.3 Å². The lowest BCUT2D eigenvalue weighted by molar-refractivity contribution is -0.138. The van der Waals surface area contributed by atoms with Gasteiger partial charge in [0.2, 0.25) is 10.0 Å². The van der Waals surface area contributed by atoms with Gasteiger partial charge >= 0.3 is 5.97 Å². The van der Waals surface area contributed by atoms with E-state index in [1.54, 1.807) is 0 Å². The molecule has 0 amide bonds. The Balaban J connectivity index is 2.95. The quantitative estimate of drug-likeness (QED) is 0.852. The molecule has 0 aliphatic heterocycles. The zero-order valence-corrected chi connectivity index (χ0v) is 10.1. The van der Waals surface area contributed by atoms with Gasteiger partial charge < -0.3 is 5.11 Å². The fourth-order valence-corrected chi connectivity index (χ4v) is 2.34. The second-order valence-electron chi connectivity index (χ2n) is 3.55. The molecule has 0 aromatic heterocycles. The Hall–Kier alpha value is -1.54. The average Bonchev–Trinajstić information content (AvgIpc) is 2.28. The zero-order valence-electron chi connectivity index (χ0n) is 9.30. The molecular formula is C10H11F2NO4S. The summed E-state index contributed by atoms with van der Waals surface area (Å²) >= 11 is 0. The van der Waals surface area contributed by atoms with Gasteiger partial charge in [-0.3, -0.25) is 4.79 Å². The number of carboxylic acid groups (broad SMARTS) is 1. The van der Waals surface area contributed by atoms with Crippen LogP contribution >= 0.6 is 0 Å². The summed E-state index contributed by atoms with van der Waals surface area (Å²) in [5, 5.41) is 8.58. The smallest absolute Gasteiger partial charge is 0.321 e. The van der Waals surface area contributed by atoms with Crippen LogP contribution in [-0.2, 0) is 14.8 Å². The monoisotopic (exact) mass is 279 g/mol. The summed E-state index contributed by atoms with van der Waals surface area (Å²) in [6.07, 6.45) is -2.69. The molecular weight excluding hydrogens is 268 g/mol. The second-order valence-corrected chi connectivity index (χ2v) is 5.26. The zero-order chi connectivity index (χ0) is 13.9. The van der Waals surface area contributed by atoms with Crippen molar-refractivity contribution in [3.8, 4) is 0 Å². The highest BCUT2D eigenvalue weighted by atomic mass is 32.2. The van der Waals surface area contributed by atoms with Crippen LogP contribution in [-0.4, -0.2) is 25.5 Å². The van der Waals surface area contributed by atoms with Crippen molar-refractivity contribution in [2.24, 2.45) is 0 Å². The number of aliphatic carboxylic acids is 1. The van der Waals surface area contributed by atoms with Gasteiger partial charge in [-0.1, -0.05) is 12.1 Å². The maximum atomic E-state index is 12.3. The van der Waals surface area contributed by atoms with Gasteiger partial charge in [0.05, 0.1) is 4.90 Å². The Kier molecular flexibility index (Phi) is 4.36. The van der Waals surface area contributed by atoms with Crippen molar-refractivity contribution in [1.29, 1.82) is 0 Å². The number of hydrogen-bond donors (Lipinski definition) is 2. The Bertz CT molecular complexity index is 527. The predicted molar refractivity (Wildman–Crippen MR) is 58.8 cm³/mol. The van der Waals surface area contributed by atoms with Gasteiger partial charge in [-0.25, -0.2) is 17.2 Å². The normalized spacial score (nSPS) is 13.6. The standard InChI is InChI=1S/C10H11F2NO4S/c1-6(10(14)15)13-18(16,17)8-4-2-7(3-5-8)9(11)12/h2-6,9,13H,1H3,(H,14,15)/t6-/m0/s1. The van der Waals surface area contributed by atoms with Crippen molar-refractivity contribution in [2.75, 3.05) is 0 Å². The molecule has 0 radical (unpaired) electrons. The van der Waals surface area contributed by atoms with E-state index in [4.69, 9.17) is 5.11 Å². The third-order valence-corrected chi connectivity index (χ3v) is 3.70. The van der Waals surface area contributed by atoms with Crippen LogP contribution in [0.25, 0.3) is 0 Å². The van der Waals surface area contributed by atoms with Gasteiger partial charge in [-0.2, -0.15) is 4.72 Å². The van der Waals surface area contributed by atoms with E-state index < -0.39 is 28.5 Å². The molecule has 100 valence electrons. The molecule has 1 aromatic rings. The minimum absolute atomic E-state index is 0.264.